The Morgan fingerprint density at radius 3 is 2.56 bits per heavy atom. The first-order valence-electron chi connectivity index (χ1n) is 10.2. The molecule has 0 radical (unpaired) electrons. The molecule has 1 aliphatic carbocycles. The summed E-state index contributed by atoms with van der Waals surface area (Å²) >= 11 is 0. The summed E-state index contributed by atoms with van der Waals surface area (Å²) < 4.78 is 11.1. The van der Waals surface area contributed by atoms with Gasteiger partial charge in [-0.1, -0.05) is 13.3 Å². The van der Waals surface area contributed by atoms with Gasteiger partial charge in [-0.05, 0) is 43.9 Å². The standard InChI is InChI=1S/C21H34N2O2/c1-4-25-21-15-18(8-9-20(21)24-3)16-22-10-12-23(13-11-22)19-7-5-6-17(2)14-19/h8-9,15,17,19H,4-7,10-14,16H2,1-3H3/p+2/t17-,19-/m0/s1. The molecule has 0 aromatic heterocycles. The Labute approximate surface area is 153 Å². The summed E-state index contributed by atoms with van der Waals surface area (Å²) in [7, 11) is 1.71. The number of piperazine rings is 1. The molecule has 2 fully saturated rings. The lowest BCUT2D eigenvalue weighted by atomic mass is 9.86. The second-order valence-electron chi connectivity index (χ2n) is 7.97. The van der Waals surface area contributed by atoms with Gasteiger partial charge >= 0.3 is 0 Å². The minimum atomic E-state index is 0.675. The van der Waals surface area contributed by atoms with Crippen molar-refractivity contribution < 1.29 is 19.3 Å². The van der Waals surface area contributed by atoms with Crippen molar-refractivity contribution in [1.29, 1.82) is 0 Å². The third kappa shape index (κ3) is 4.89. The van der Waals surface area contributed by atoms with Crippen molar-refractivity contribution in [3.05, 3.63) is 23.8 Å². The van der Waals surface area contributed by atoms with Crippen LogP contribution in [0.2, 0.25) is 0 Å². The van der Waals surface area contributed by atoms with E-state index in [1.807, 2.05) is 17.9 Å². The van der Waals surface area contributed by atoms with Crippen LogP contribution in [0.5, 0.6) is 11.5 Å². The largest absolute Gasteiger partial charge is 0.493 e. The summed E-state index contributed by atoms with van der Waals surface area (Å²) in [5.41, 5.74) is 1.36. The van der Waals surface area contributed by atoms with E-state index in [1.165, 1.54) is 57.4 Å². The molecule has 0 bridgehead atoms. The molecule has 2 aliphatic rings. The first-order chi connectivity index (χ1) is 12.2. The van der Waals surface area contributed by atoms with Gasteiger partial charge in [0.2, 0.25) is 0 Å². The molecule has 0 spiro atoms. The monoisotopic (exact) mass is 348 g/mol. The van der Waals surface area contributed by atoms with Crippen molar-refractivity contribution in [2.45, 2.75) is 52.1 Å². The fourth-order valence-electron chi connectivity index (χ4n) is 4.70. The van der Waals surface area contributed by atoms with Gasteiger partial charge in [-0.3, -0.25) is 0 Å². The number of ether oxygens (including phenoxy) is 2. The number of hydrogen-bond donors (Lipinski definition) is 2. The Bertz CT molecular complexity index is 541. The van der Waals surface area contributed by atoms with Gasteiger partial charge in [-0.15, -0.1) is 0 Å². The molecular weight excluding hydrogens is 312 g/mol. The Morgan fingerprint density at radius 2 is 1.88 bits per heavy atom. The van der Waals surface area contributed by atoms with Gasteiger partial charge in [0.15, 0.2) is 11.5 Å². The SMILES string of the molecule is CCOc1cc(C[NH+]2CC[NH+]([C@H]3CCC[C@H](C)C3)CC2)ccc1OC. The second-order valence-corrected chi connectivity index (χ2v) is 7.97. The summed E-state index contributed by atoms with van der Waals surface area (Å²) in [6, 6.07) is 7.33. The fourth-order valence-corrected chi connectivity index (χ4v) is 4.70. The van der Waals surface area contributed by atoms with E-state index in [2.05, 4.69) is 19.1 Å². The van der Waals surface area contributed by atoms with Crippen LogP contribution >= 0.6 is 0 Å². The highest BCUT2D eigenvalue weighted by Gasteiger charge is 2.32. The van der Waals surface area contributed by atoms with Crippen LogP contribution in [-0.4, -0.2) is 45.9 Å². The molecule has 140 valence electrons. The Morgan fingerprint density at radius 1 is 1.08 bits per heavy atom. The minimum Gasteiger partial charge on any atom is -0.493 e. The van der Waals surface area contributed by atoms with Crippen LogP contribution in [0, 0.1) is 5.92 Å². The van der Waals surface area contributed by atoms with Crippen LogP contribution in [0.25, 0.3) is 0 Å². The summed E-state index contributed by atoms with van der Waals surface area (Å²) in [5.74, 6) is 2.65. The smallest absolute Gasteiger partial charge is 0.161 e. The first-order valence-corrected chi connectivity index (χ1v) is 10.2. The average Bonchev–Trinajstić information content (AvgIpc) is 2.63. The number of quaternary nitrogens is 2. The molecule has 3 rings (SSSR count). The Kier molecular flexibility index (Phi) is 6.60. The van der Waals surface area contributed by atoms with Crippen LogP contribution in [0.4, 0.5) is 0 Å². The molecule has 2 atom stereocenters. The van der Waals surface area contributed by atoms with Crippen molar-refractivity contribution in [3.8, 4) is 11.5 Å². The van der Waals surface area contributed by atoms with Crippen LogP contribution in [0.3, 0.4) is 0 Å². The van der Waals surface area contributed by atoms with Crippen molar-refractivity contribution in [3.63, 3.8) is 0 Å². The van der Waals surface area contributed by atoms with Crippen LogP contribution < -0.4 is 19.3 Å². The topological polar surface area (TPSA) is 27.3 Å². The van der Waals surface area contributed by atoms with E-state index in [9.17, 15) is 0 Å². The van der Waals surface area contributed by atoms with Gasteiger partial charge in [-0.25, -0.2) is 0 Å². The third-order valence-electron chi connectivity index (χ3n) is 6.10. The lowest BCUT2D eigenvalue weighted by Crippen LogP contribution is -3.29. The predicted octanol–water partition coefficient (Wildman–Crippen LogP) is 0.956. The van der Waals surface area contributed by atoms with E-state index >= 15 is 0 Å². The first kappa shape index (κ1) is 18.5. The molecule has 0 amide bonds. The van der Waals surface area contributed by atoms with E-state index in [0.717, 1.165) is 30.0 Å². The van der Waals surface area contributed by atoms with E-state index < -0.39 is 0 Å². The Balaban J connectivity index is 1.52. The maximum atomic E-state index is 5.73. The highest BCUT2D eigenvalue weighted by atomic mass is 16.5. The fraction of sp³-hybridized carbons (Fsp3) is 0.714. The molecule has 4 heteroatoms. The van der Waals surface area contributed by atoms with Crippen molar-refractivity contribution in [1.82, 2.24) is 0 Å². The van der Waals surface area contributed by atoms with Crippen LogP contribution in [0.15, 0.2) is 18.2 Å². The summed E-state index contributed by atoms with van der Waals surface area (Å²) in [5, 5.41) is 0. The molecule has 1 aromatic carbocycles. The molecule has 2 N–H and O–H groups in total. The molecular formula is C21H36N2O2+2. The molecule has 1 saturated carbocycles. The number of nitrogens with one attached hydrogen (secondary N) is 2. The maximum Gasteiger partial charge on any atom is 0.161 e. The van der Waals surface area contributed by atoms with Gasteiger partial charge in [-0.2, -0.15) is 0 Å². The highest BCUT2D eigenvalue weighted by Crippen LogP contribution is 2.27. The highest BCUT2D eigenvalue weighted by molar-refractivity contribution is 5.42. The van der Waals surface area contributed by atoms with Gasteiger partial charge in [0.05, 0.1) is 19.8 Å². The molecule has 4 nitrogen and oxygen atoms in total. The van der Waals surface area contributed by atoms with E-state index in [1.54, 1.807) is 12.0 Å². The molecule has 1 aliphatic heterocycles. The van der Waals surface area contributed by atoms with Crippen molar-refractivity contribution in [2.75, 3.05) is 39.9 Å². The zero-order valence-electron chi connectivity index (χ0n) is 16.3. The zero-order valence-corrected chi connectivity index (χ0v) is 16.3. The van der Waals surface area contributed by atoms with Crippen LogP contribution in [-0.2, 0) is 6.54 Å². The second kappa shape index (κ2) is 8.91. The molecule has 25 heavy (non-hydrogen) atoms. The summed E-state index contributed by atoms with van der Waals surface area (Å²) in [6.45, 7) is 11.5. The number of methoxy groups -OCH3 is 1. The Hall–Kier alpha value is -1.26. The van der Waals surface area contributed by atoms with E-state index in [-0.39, 0.29) is 0 Å². The van der Waals surface area contributed by atoms with E-state index in [4.69, 9.17) is 9.47 Å². The summed E-state index contributed by atoms with van der Waals surface area (Å²) in [6.07, 6.45) is 5.78. The third-order valence-corrected chi connectivity index (χ3v) is 6.10. The number of rotatable bonds is 6. The normalized spacial score (nSPS) is 30.0. The minimum absolute atomic E-state index is 0.675. The van der Waals surface area contributed by atoms with Gasteiger partial charge < -0.3 is 19.3 Å². The van der Waals surface area contributed by atoms with Crippen molar-refractivity contribution >= 4 is 0 Å². The molecule has 1 aromatic rings. The number of hydrogen-bond acceptors (Lipinski definition) is 2. The number of benzene rings is 1. The van der Waals surface area contributed by atoms with E-state index in [0.29, 0.717) is 6.61 Å². The summed E-state index contributed by atoms with van der Waals surface area (Å²) in [4.78, 5) is 3.58. The van der Waals surface area contributed by atoms with Crippen molar-refractivity contribution in [2.24, 2.45) is 5.92 Å². The lowest BCUT2D eigenvalue weighted by molar-refractivity contribution is -1.03. The van der Waals surface area contributed by atoms with Gasteiger partial charge in [0, 0.05) is 12.0 Å². The van der Waals surface area contributed by atoms with Gasteiger partial charge in [0.25, 0.3) is 0 Å². The maximum absolute atomic E-state index is 5.73. The molecule has 1 heterocycles. The molecule has 1 saturated heterocycles. The predicted molar refractivity (Wildman–Crippen MR) is 101 cm³/mol. The van der Waals surface area contributed by atoms with Crippen LogP contribution in [0.1, 0.15) is 45.1 Å². The quantitative estimate of drug-likeness (QED) is 0.801. The van der Waals surface area contributed by atoms with Gasteiger partial charge in [0.1, 0.15) is 32.7 Å². The zero-order chi connectivity index (χ0) is 17.6. The lowest BCUT2D eigenvalue weighted by Gasteiger charge is -2.37. The average molecular weight is 349 g/mol. The molecule has 0 unspecified atom stereocenters.